The highest BCUT2D eigenvalue weighted by Gasteiger charge is 2.30. The zero-order chi connectivity index (χ0) is 14.8. The topological polar surface area (TPSA) is 42.0 Å². The van der Waals surface area contributed by atoms with Gasteiger partial charge in [-0.05, 0) is 30.3 Å². The number of amides is 1. The van der Waals surface area contributed by atoms with Crippen LogP contribution in [0.4, 0.5) is 19.0 Å². The molecular weight excluding hydrogens is 293 g/mol. The van der Waals surface area contributed by atoms with E-state index in [1.807, 2.05) is 0 Å². The van der Waals surface area contributed by atoms with Crippen molar-refractivity contribution in [2.24, 2.45) is 0 Å². The van der Waals surface area contributed by atoms with Gasteiger partial charge in [0.2, 0.25) is 0 Å². The van der Waals surface area contributed by atoms with Gasteiger partial charge in [-0.3, -0.25) is 4.79 Å². The van der Waals surface area contributed by atoms with Crippen LogP contribution in [-0.2, 0) is 6.18 Å². The highest BCUT2D eigenvalue weighted by Crippen LogP contribution is 2.29. The summed E-state index contributed by atoms with van der Waals surface area (Å²) in [6.45, 7) is 0. The van der Waals surface area contributed by atoms with E-state index >= 15 is 0 Å². The number of pyridine rings is 1. The zero-order valence-corrected chi connectivity index (χ0v) is 10.7. The lowest BCUT2D eigenvalue weighted by Gasteiger charge is -2.09. The highest BCUT2D eigenvalue weighted by molar-refractivity contribution is 6.31. The molecule has 104 valence electrons. The average Bonchev–Trinajstić information content (AvgIpc) is 2.38. The number of aromatic nitrogens is 1. The molecule has 1 amide bonds. The third-order valence-corrected chi connectivity index (χ3v) is 2.65. The van der Waals surface area contributed by atoms with Gasteiger partial charge in [0.1, 0.15) is 5.82 Å². The second-order valence-corrected chi connectivity index (χ2v) is 4.33. The minimum atomic E-state index is -4.49. The van der Waals surface area contributed by atoms with Gasteiger partial charge < -0.3 is 5.32 Å². The van der Waals surface area contributed by atoms with Crippen molar-refractivity contribution in [3.8, 4) is 0 Å². The van der Waals surface area contributed by atoms with Crippen LogP contribution in [0.15, 0.2) is 42.6 Å². The predicted octanol–water partition coefficient (Wildman–Crippen LogP) is 4.01. The van der Waals surface area contributed by atoms with Gasteiger partial charge >= 0.3 is 6.18 Å². The number of rotatable bonds is 2. The Hall–Kier alpha value is -2.08. The first-order valence-electron chi connectivity index (χ1n) is 5.46. The van der Waals surface area contributed by atoms with Crippen LogP contribution in [0.25, 0.3) is 0 Å². The fourth-order valence-corrected chi connectivity index (χ4v) is 1.68. The maximum Gasteiger partial charge on any atom is 0.416 e. The van der Waals surface area contributed by atoms with E-state index in [-0.39, 0.29) is 11.4 Å². The van der Waals surface area contributed by atoms with Crippen molar-refractivity contribution < 1.29 is 18.0 Å². The summed E-state index contributed by atoms with van der Waals surface area (Å²) in [4.78, 5) is 15.5. The van der Waals surface area contributed by atoms with Crippen LogP contribution in [0.5, 0.6) is 0 Å². The maximum absolute atomic E-state index is 12.5. The van der Waals surface area contributed by atoms with E-state index in [4.69, 9.17) is 11.6 Å². The summed E-state index contributed by atoms with van der Waals surface area (Å²) in [6, 6.07) is 7.65. The Kier molecular flexibility index (Phi) is 3.94. The molecule has 0 saturated carbocycles. The lowest BCUT2D eigenvalue weighted by Crippen LogP contribution is -2.14. The maximum atomic E-state index is 12.5. The van der Waals surface area contributed by atoms with E-state index in [0.717, 1.165) is 18.3 Å². The van der Waals surface area contributed by atoms with Crippen molar-refractivity contribution in [1.29, 1.82) is 0 Å². The molecule has 1 heterocycles. The number of nitrogens with one attached hydrogen (secondary N) is 1. The first-order chi connectivity index (χ1) is 9.36. The molecule has 0 aliphatic heterocycles. The molecule has 1 N–H and O–H groups in total. The van der Waals surface area contributed by atoms with E-state index in [0.29, 0.717) is 5.02 Å². The quantitative estimate of drug-likeness (QED) is 0.910. The van der Waals surface area contributed by atoms with Crippen LogP contribution in [-0.4, -0.2) is 10.9 Å². The molecule has 20 heavy (non-hydrogen) atoms. The first kappa shape index (κ1) is 14.3. The molecule has 0 atom stereocenters. The summed E-state index contributed by atoms with van der Waals surface area (Å²) in [5.41, 5.74) is -0.648. The Labute approximate surface area is 117 Å². The zero-order valence-electron chi connectivity index (χ0n) is 9.91. The minimum Gasteiger partial charge on any atom is -0.307 e. The summed E-state index contributed by atoms with van der Waals surface area (Å²) in [7, 11) is 0. The molecule has 0 saturated heterocycles. The molecule has 0 bridgehead atoms. The van der Waals surface area contributed by atoms with Crippen LogP contribution in [0, 0.1) is 0 Å². The summed E-state index contributed by atoms with van der Waals surface area (Å²) in [5.74, 6) is -0.760. The molecule has 0 radical (unpaired) electrons. The van der Waals surface area contributed by atoms with Crippen LogP contribution in [0.3, 0.4) is 0 Å². The third kappa shape index (κ3) is 3.48. The van der Waals surface area contributed by atoms with Gasteiger partial charge in [-0.1, -0.05) is 17.7 Å². The van der Waals surface area contributed by atoms with E-state index in [1.165, 1.54) is 12.1 Å². The van der Waals surface area contributed by atoms with Crippen LogP contribution < -0.4 is 5.32 Å². The van der Waals surface area contributed by atoms with Crippen LogP contribution in [0.1, 0.15) is 15.9 Å². The number of hydrogen-bond donors (Lipinski definition) is 1. The van der Waals surface area contributed by atoms with E-state index in [1.54, 1.807) is 12.1 Å². The first-order valence-corrected chi connectivity index (χ1v) is 5.84. The number of nitrogens with zero attached hydrogens (tertiary/aromatic N) is 1. The summed E-state index contributed by atoms with van der Waals surface area (Å²) in [5, 5.41) is 2.65. The van der Waals surface area contributed by atoms with E-state index in [2.05, 4.69) is 10.3 Å². The predicted molar refractivity (Wildman–Crippen MR) is 68.6 cm³/mol. The molecule has 0 aliphatic rings. The van der Waals surface area contributed by atoms with Crippen molar-refractivity contribution in [3.63, 3.8) is 0 Å². The third-order valence-electron chi connectivity index (χ3n) is 2.42. The number of carbonyl (C=O) groups is 1. The standard InChI is InChI=1S/C13H8ClF3N2O/c14-10-3-1-2-8(6-10)12(20)19-11-7-9(4-5-18-11)13(15,16)17/h1-7H,(H,18,19,20). The monoisotopic (exact) mass is 300 g/mol. The number of halogens is 4. The van der Waals surface area contributed by atoms with Crippen LogP contribution in [0.2, 0.25) is 5.02 Å². The smallest absolute Gasteiger partial charge is 0.307 e. The lowest BCUT2D eigenvalue weighted by atomic mass is 10.2. The number of alkyl halides is 3. The van der Waals surface area contributed by atoms with Crippen molar-refractivity contribution in [2.45, 2.75) is 6.18 Å². The van der Waals surface area contributed by atoms with Gasteiger partial charge in [-0.15, -0.1) is 0 Å². The Morgan fingerprint density at radius 1 is 1.20 bits per heavy atom. The number of hydrogen-bond acceptors (Lipinski definition) is 2. The summed E-state index contributed by atoms with van der Waals surface area (Å²) in [6.07, 6.45) is -3.51. The summed E-state index contributed by atoms with van der Waals surface area (Å²) < 4.78 is 37.6. The normalized spacial score (nSPS) is 11.2. The van der Waals surface area contributed by atoms with Gasteiger partial charge in [-0.2, -0.15) is 13.2 Å². The van der Waals surface area contributed by atoms with E-state index in [9.17, 15) is 18.0 Å². The molecule has 2 rings (SSSR count). The number of carbonyl (C=O) groups excluding carboxylic acids is 1. The molecule has 0 spiro atoms. The molecule has 2 aromatic rings. The minimum absolute atomic E-state index is 0.176. The molecule has 1 aromatic carbocycles. The fraction of sp³-hybridized carbons (Fsp3) is 0.0769. The largest absolute Gasteiger partial charge is 0.416 e. The van der Waals surface area contributed by atoms with Crippen molar-refractivity contribution in [2.75, 3.05) is 5.32 Å². The van der Waals surface area contributed by atoms with Gasteiger partial charge in [0.25, 0.3) is 5.91 Å². The van der Waals surface area contributed by atoms with Crippen molar-refractivity contribution in [3.05, 3.63) is 58.7 Å². The molecule has 0 fully saturated rings. The molecule has 0 unspecified atom stereocenters. The summed E-state index contributed by atoms with van der Waals surface area (Å²) >= 11 is 5.73. The van der Waals surface area contributed by atoms with Gasteiger partial charge in [0.05, 0.1) is 5.56 Å². The van der Waals surface area contributed by atoms with Crippen LogP contribution >= 0.6 is 11.6 Å². The van der Waals surface area contributed by atoms with Crippen molar-refractivity contribution in [1.82, 2.24) is 4.98 Å². The van der Waals surface area contributed by atoms with E-state index < -0.39 is 17.6 Å². The second-order valence-electron chi connectivity index (χ2n) is 3.89. The Bertz CT molecular complexity index is 644. The SMILES string of the molecule is O=C(Nc1cc(C(F)(F)F)ccn1)c1cccc(Cl)c1. The Morgan fingerprint density at radius 2 is 1.95 bits per heavy atom. The Balaban J connectivity index is 2.20. The number of anilines is 1. The van der Waals surface area contributed by atoms with Gasteiger partial charge in [0, 0.05) is 16.8 Å². The lowest BCUT2D eigenvalue weighted by molar-refractivity contribution is -0.137. The molecule has 7 heteroatoms. The fourth-order valence-electron chi connectivity index (χ4n) is 1.49. The Morgan fingerprint density at radius 3 is 2.60 bits per heavy atom. The van der Waals surface area contributed by atoms with Gasteiger partial charge in [-0.25, -0.2) is 4.98 Å². The van der Waals surface area contributed by atoms with Gasteiger partial charge in [0.15, 0.2) is 0 Å². The highest BCUT2D eigenvalue weighted by atomic mass is 35.5. The molecule has 1 aromatic heterocycles. The molecule has 3 nitrogen and oxygen atoms in total. The number of benzene rings is 1. The van der Waals surface area contributed by atoms with Crippen molar-refractivity contribution >= 4 is 23.3 Å². The molecular formula is C13H8ClF3N2O. The second kappa shape index (κ2) is 5.50. The molecule has 0 aliphatic carbocycles. The average molecular weight is 301 g/mol.